The lowest BCUT2D eigenvalue weighted by atomic mass is 10.1. The van der Waals surface area contributed by atoms with Crippen molar-refractivity contribution in [1.29, 1.82) is 0 Å². The standard InChI is InChI=1S/C12H14N2OS/c1-13-12(11-4-3-7-16-11)9-5-6-14-8-10(9)15-2/h3-8,12-13H,1-2H3. The Morgan fingerprint density at radius 2 is 2.31 bits per heavy atom. The van der Waals surface area contributed by atoms with Gasteiger partial charge in [0.05, 0.1) is 19.3 Å². The maximum atomic E-state index is 5.33. The Morgan fingerprint density at radius 1 is 1.44 bits per heavy atom. The van der Waals surface area contributed by atoms with Crippen molar-refractivity contribution in [3.63, 3.8) is 0 Å². The molecule has 0 spiro atoms. The molecule has 3 nitrogen and oxygen atoms in total. The van der Waals surface area contributed by atoms with Gasteiger partial charge >= 0.3 is 0 Å². The van der Waals surface area contributed by atoms with Crippen molar-refractivity contribution in [1.82, 2.24) is 10.3 Å². The fourth-order valence-electron chi connectivity index (χ4n) is 1.71. The van der Waals surface area contributed by atoms with Gasteiger partial charge in [-0.2, -0.15) is 0 Å². The summed E-state index contributed by atoms with van der Waals surface area (Å²) in [5.41, 5.74) is 1.11. The van der Waals surface area contributed by atoms with Crippen LogP contribution in [0.15, 0.2) is 36.0 Å². The maximum Gasteiger partial charge on any atom is 0.142 e. The zero-order chi connectivity index (χ0) is 11.4. The molecule has 0 aliphatic carbocycles. The maximum absolute atomic E-state index is 5.33. The third-order valence-corrected chi connectivity index (χ3v) is 3.40. The van der Waals surface area contributed by atoms with Crippen molar-refractivity contribution in [2.45, 2.75) is 6.04 Å². The highest BCUT2D eigenvalue weighted by Crippen LogP contribution is 2.31. The summed E-state index contributed by atoms with van der Waals surface area (Å²) in [5.74, 6) is 0.815. The predicted molar refractivity (Wildman–Crippen MR) is 66.0 cm³/mol. The third-order valence-electron chi connectivity index (χ3n) is 2.46. The van der Waals surface area contributed by atoms with Crippen LogP contribution in [0, 0.1) is 0 Å². The van der Waals surface area contributed by atoms with Crippen LogP contribution in [-0.2, 0) is 0 Å². The topological polar surface area (TPSA) is 34.2 Å². The van der Waals surface area contributed by atoms with Crippen molar-refractivity contribution < 1.29 is 4.74 Å². The lowest BCUT2D eigenvalue weighted by molar-refractivity contribution is 0.403. The van der Waals surface area contributed by atoms with Gasteiger partial charge in [0.25, 0.3) is 0 Å². The van der Waals surface area contributed by atoms with Gasteiger partial charge in [-0.25, -0.2) is 0 Å². The third kappa shape index (κ3) is 2.08. The van der Waals surface area contributed by atoms with E-state index < -0.39 is 0 Å². The van der Waals surface area contributed by atoms with E-state index >= 15 is 0 Å². The van der Waals surface area contributed by atoms with Gasteiger partial charge in [0.15, 0.2) is 0 Å². The van der Waals surface area contributed by atoms with E-state index in [-0.39, 0.29) is 6.04 Å². The van der Waals surface area contributed by atoms with Crippen molar-refractivity contribution in [3.05, 3.63) is 46.4 Å². The highest BCUT2D eigenvalue weighted by Gasteiger charge is 2.16. The van der Waals surface area contributed by atoms with Crippen LogP contribution in [-0.4, -0.2) is 19.1 Å². The average Bonchev–Trinajstić information content (AvgIpc) is 2.84. The summed E-state index contributed by atoms with van der Waals surface area (Å²) in [6.07, 6.45) is 3.53. The van der Waals surface area contributed by atoms with Crippen LogP contribution < -0.4 is 10.1 Å². The molecule has 0 aliphatic rings. The molecule has 2 rings (SSSR count). The summed E-state index contributed by atoms with van der Waals surface area (Å²) in [6.45, 7) is 0. The first-order valence-corrected chi connectivity index (χ1v) is 5.93. The van der Waals surface area contributed by atoms with Gasteiger partial charge in [0.1, 0.15) is 5.75 Å². The molecule has 0 radical (unpaired) electrons. The lowest BCUT2D eigenvalue weighted by Crippen LogP contribution is -2.17. The van der Waals surface area contributed by atoms with Gasteiger partial charge in [-0.1, -0.05) is 6.07 Å². The van der Waals surface area contributed by atoms with E-state index in [9.17, 15) is 0 Å². The second-order valence-electron chi connectivity index (χ2n) is 3.35. The molecule has 2 heterocycles. The minimum atomic E-state index is 0.165. The Bertz CT molecular complexity index is 442. The van der Waals surface area contributed by atoms with Gasteiger partial charge < -0.3 is 10.1 Å². The van der Waals surface area contributed by atoms with Crippen LogP contribution in [0.4, 0.5) is 0 Å². The molecule has 16 heavy (non-hydrogen) atoms. The summed E-state index contributed by atoms with van der Waals surface area (Å²) in [5, 5.41) is 5.37. The molecule has 0 bridgehead atoms. The first-order valence-electron chi connectivity index (χ1n) is 5.05. The summed E-state index contributed by atoms with van der Waals surface area (Å²) >= 11 is 1.73. The van der Waals surface area contributed by atoms with E-state index in [1.54, 1.807) is 30.8 Å². The smallest absolute Gasteiger partial charge is 0.142 e. The molecule has 0 amide bonds. The van der Waals surface area contributed by atoms with Crippen LogP contribution in [0.3, 0.4) is 0 Å². The number of ether oxygens (including phenoxy) is 1. The number of methoxy groups -OCH3 is 1. The Labute approximate surface area is 99.1 Å². The average molecular weight is 234 g/mol. The zero-order valence-electron chi connectivity index (χ0n) is 9.31. The molecule has 1 atom stereocenters. The first-order chi connectivity index (χ1) is 7.86. The number of hydrogen-bond acceptors (Lipinski definition) is 4. The van der Waals surface area contributed by atoms with Crippen LogP contribution in [0.1, 0.15) is 16.5 Å². The van der Waals surface area contributed by atoms with E-state index in [1.807, 2.05) is 13.1 Å². The highest BCUT2D eigenvalue weighted by atomic mass is 32.1. The van der Waals surface area contributed by atoms with E-state index in [1.165, 1.54) is 4.88 Å². The molecule has 84 valence electrons. The minimum absolute atomic E-state index is 0.165. The lowest BCUT2D eigenvalue weighted by Gasteiger charge is -2.17. The number of aromatic nitrogens is 1. The Kier molecular flexibility index (Phi) is 3.54. The zero-order valence-corrected chi connectivity index (χ0v) is 10.1. The number of nitrogens with one attached hydrogen (secondary N) is 1. The van der Waals surface area contributed by atoms with Crippen molar-refractivity contribution in [2.75, 3.05) is 14.2 Å². The second-order valence-corrected chi connectivity index (χ2v) is 4.33. The van der Waals surface area contributed by atoms with E-state index in [0.29, 0.717) is 0 Å². The van der Waals surface area contributed by atoms with Gasteiger partial charge in [-0.05, 0) is 24.6 Å². The molecule has 4 heteroatoms. The molecule has 1 N–H and O–H groups in total. The Morgan fingerprint density at radius 3 is 2.94 bits per heavy atom. The molecule has 0 saturated carbocycles. The fourth-order valence-corrected chi connectivity index (χ4v) is 2.56. The molecule has 0 fully saturated rings. The SMILES string of the molecule is CNC(c1cccs1)c1ccncc1OC. The van der Waals surface area contributed by atoms with Crippen LogP contribution in [0.5, 0.6) is 5.75 Å². The van der Waals surface area contributed by atoms with E-state index in [2.05, 4.69) is 27.8 Å². The van der Waals surface area contributed by atoms with Crippen LogP contribution in [0.2, 0.25) is 0 Å². The van der Waals surface area contributed by atoms with Crippen LogP contribution in [0.25, 0.3) is 0 Å². The largest absolute Gasteiger partial charge is 0.495 e. The molecule has 0 saturated heterocycles. The number of nitrogens with zero attached hydrogens (tertiary/aromatic N) is 1. The quantitative estimate of drug-likeness (QED) is 0.882. The Balaban J connectivity index is 2.41. The summed E-state index contributed by atoms with van der Waals surface area (Å²) in [7, 11) is 3.62. The Hall–Kier alpha value is -1.39. The molecule has 2 aromatic heterocycles. The van der Waals surface area contributed by atoms with E-state index in [4.69, 9.17) is 4.74 Å². The van der Waals surface area contributed by atoms with Crippen LogP contribution >= 0.6 is 11.3 Å². The predicted octanol–water partition coefficient (Wildman–Crippen LogP) is 2.46. The van der Waals surface area contributed by atoms with Gasteiger partial charge in [0.2, 0.25) is 0 Å². The van der Waals surface area contributed by atoms with Crippen molar-refractivity contribution in [2.24, 2.45) is 0 Å². The van der Waals surface area contributed by atoms with E-state index in [0.717, 1.165) is 11.3 Å². The second kappa shape index (κ2) is 5.09. The van der Waals surface area contributed by atoms with Gasteiger partial charge in [0, 0.05) is 16.6 Å². The number of thiophene rings is 1. The molecular formula is C12H14N2OS. The number of pyridine rings is 1. The molecule has 0 aromatic carbocycles. The summed E-state index contributed by atoms with van der Waals surface area (Å²) < 4.78 is 5.33. The first kappa shape index (κ1) is 11.1. The highest BCUT2D eigenvalue weighted by molar-refractivity contribution is 7.10. The molecule has 2 aromatic rings. The number of rotatable bonds is 4. The summed E-state index contributed by atoms with van der Waals surface area (Å²) in [6, 6.07) is 6.32. The van der Waals surface area contributed by atoms with Crippen molar-refractivity contribution in [3.8, 4) is 5.75 Å². The van der Waals surface area contributed by atoms with Crippen molar-refractivity contribution >= 4 is 11.3 Å². The fraction of sp³-hybridized carbons (Fsp3) is 0.250. The minimum Gasteiger partial charge on any atom is -0.495 e. The molecule has 1 unspecified atom stereocenters. The normalized spacial score (nSPS) is 12.4. The molecule has 0 aliphatic heterocycles. The number of hydrogen-bond donors (Lipinski definition) is 1. The molecular weight excluding hydrogens is 220 g/mol. The van der Waals surface area contributed by atoms with Gasteiger partial charge in [-0.3, -0.25) is 4.98 Å². The summed E-state index contributed by atoms with van der Waals surface area (Å²) in [4.78, 5) is 5.34. The van der Waals surface area contributed by atoms with Gasteiger partial charge in [-0.15, -0.1) is 11.3 Å². The monoisotopic (exact) mass is 234 g/mol.